The number of aromatic nitrogens is 4. The highest BCUT2D eigenvalue weighted by Gasteiger charge is 2.20. The van der Waals surface area contributed by atoms with E-state index in [-0.39, 0.29) is 11.8 Å². The van der Waals surface area contributed by atoms with Gasteiger partial charge in [0.15, 0.2) is 11.5 Å². The number of hydrogen-bond acceptors (Lipinski definition) is 5. The molecule has 0 unspecified atom stereocenters. The van der Waals surface area contributed by atoms with Gasteiger partial charge in [0, 0.05) is 38.3 Å². The molecule has 0 radical (unpaired) electrons. The summed E-state index contributed by atoms with van der Waals surface area (Å²) in [6, 6.07) is 9.96. The first kappa shape index (κ1) is 18.1. The summed E-state index contributed by atoms with van der Waals surface area (Å²) in [4.78, 5) is 16.1. The minimum atomic E-state index is -0.330. The Morgan fingerprint density at radius 3 is 2.86 bits per heavy atom. The lowest BCUT2D eigenvalue weighted by Gasteiger charge is -2.22. The standard InChI is InChI=1S/C19H22FN7O/c1-2-21-19(28)26-10-4-9-25(11-12-26)17-8-7-16-22-23-18(27(16)24-17)14-5-3-6-15(20)13-14/h3,5-8,13H,2,4,9-12H2,1H3,(H,21,28). The van der Waals surface area contributed by atoms with Gasteiger partial charge in [0.25, 0.3) is 0 Å². The van der Waals surface area contributed by atoms with Crippen LogP contribution in [0.25, 0.3) is 17.0 Å². The van der Waals surface area contributed by atoms with Crippen molar-refractivity contribution in [2.75, 3.05) is 37.6 Å². The third-order valence-corrected chi connectivity index (χ3v) is 4.77. The number of carbonyl (C=O) groups excluding carboxylic acids is 1. The molecule has 1 aromatic carbocycles. The van der Waals surface area contributed by atoms with E-state index in [2.05, 4.69) is 25.5 Å². The maximum Gasteiger partial charge on any atom is 0.317 e. The Kier molecular flexibility index (Phi) is 5.05. The van der Waals surface area contributed by atoms with Crippen LogP contribution in [0.15, 0.2) is 36.4 Å². The Balaban J connectivity index is 1.59. The van der Waals surface area contributed by atoms with Crippen LogP contribution >= 0.6 is 0 Å². The summed E-state index contributed by atoms with van der Waals surface area (Å²) in [5.41, 5.74) is 1.22. The lowest BCUT2D eigenvalue weighted by molar-refractivity contribution is 0.202. The highest BCUT2D eigenvalue weighted by atomic mass is 19.1. The van der Waals surface area contributed by atoms with Crippen molar-refractivity contribution in [1.82, 2.24) is 30.0 Å². The number of urea groups is 1. The van der Waals surface area contributed by atoms with E-state index in [1.165, 1.54) is 12.1 Å². The van der Waals surface area contributed by atoms with Gasteiger partial charge in [0.2, 0.25) is 0 Å². The molecule has 1 aliphatic heterocycles. The van der Waals surface area contributed by atoms with Crippen LogP contribution in [0.5, 0.6) is 0 Å². The van der Waals surface area contributed by atoms with Crippen molar-refractivity contribution in [1.29, 1.82) is 0 Å². The van der Waals surface area contributed by atoms with E-state index in [0.717, 1.165) is 18.8 Å². The Morgan fingerprint density at radius 2 is 2.04 bits per heavy atom. The number of benzene rings is 1. The Labute approximate surface area is 162 Å². The molecule has 3 aromatic rings. The number of fused-ring (bicyclic) bond motifs is 1. The number of amides is 2. The van der Waals surface area contributed by atoms with Gasteiger partial charge in [0.1, 0.15) is 11.6 Å². The van der Waals surface area contributed by atoms with Crippen molar-refractivity contribution in [3.8, 4) is 11.4 Å². The van der Waals surface area contributed by atoms with E-state index >= 15 is 0 Å². The molecule has 1 aliphatic rings. The SMILES string of the molecule is CCNC(=O)N1CCCN(c2ccc3nnc(-c4cccc(F)c4)n3n2)CC1. The molecule has 9 heteroatoms. The van der Waals surface area contributed by atoms with Crippen LogP contribution in [0.4, 0.5) is 15.0 Å². The molecule has 3 heterocycles. The van der Waals surface area contributed by atoms with Crippen molar-refractivity contribution >= 4 is 17.5 Å². The number of rotatable bonds is 3. The van der Waals surface area contributed by atoms with Crippen molar-refractivity contribution < 1.29 is 9.18 Å². The molecule has 0 aliphatic carbocycles. The van der Waals surface area contributed by atoms with Crippen LogP contribution < -0.4 is 10.2 Å². The average molecular weight is 383 g/mol. The first-order valence-corrected chi connectivity index (χ1v) is 9.42. The van der Waals surface area contributed by atoms with Gasteiger partial charge in [-0.3, -0.25) is 0 Å². The fourth-order valence-corrected chi connectivity index (χ4v) is 3.37. The Hall–Kier alpha value is -3.23. The van der Waals surface area contributed by atoms with Gasteiger partial charge in [-0.25, -0.2) is 9.18 Å². The van der Waals surface area contributed by atoms with Gasteiger partial charge < -0.3 is 15.1 Å². The fraction of sp³-hybridized carbons (Fsp3) is 0.368. The molecule has 0 spiro atoms. The molecule has 2 aromatic heterocycles. The second kappa shape index (κ2) is 7.79. The average Bonchev–Trinajstić information content (AvgIpc) is 2.96. The van der Waals surface area contributed by atoms with E-state index < -0.39 is 0 Å². The topological polar surface area (TPSA) is 78.7 Å². The number of carbonyl (C=O) groups is 1. The molecular formula is C19H22FN7O. The summed E-state index contributed by atoms with van der Waals surface area (Å²) in [7, 11) is 0. The number of nitrogens with zero attached hydrogens (tertiary/aromatic N) is 6. The fourth-order valence-electron chi connectivity index (χ4n) is 3.37. The quantitative estimate of drug-likeness (QED) is 0.750. The third-order valence-electron chi connectivity index (χ3n) is 4.77. The van der Waals surface area contributed by atoms with Gasteiger partial charge in [-0.2, -0.15) is 4.52 Å². The van der Waals surface area contributed by atoms with Crippen LogP contribution in [-0.4, -0.2) is 63.5 Å². The van der Waals surface area contributed by atoms with Crippen molar-refractivity contribution in [2.45, 2.75) is 13.3 Å². The minimum absolute atomic E-state index is 0.0278. The van der Waals surface area contributed by atoms with E-state index in [1.54, 1.807) is 16.6 Å². The summed E-state index contributed by atoms with van der Waals surface area (Å²) in [6.45, 7) is 5.36. The van der Waals surface area contributed by atoms with Crippen LogP contribution in [-0.2, 0) is 0 Å². The minimum Gasteiger partial charge on any atom is -0.353 e. The predicted molar refractivity (Wildman–Crippen MR) is 104 cm³/mol. The molecule has 28 heavy (non-hydrogen) atoms. The number of halogens is 1. The highest BCUT2D eigenvalue weighted by molar-refractivity contribution is 5.74. The maximum absolute atomic E-state index is 13.6. The van der Waals surface area contributed by atoms with Crippen LogP contribution in [0.1, 0.15) is 13.3 Å². The predicted octanol–water partition coefficient (Wildman–Crippen LogP) is 2.17. The first-order valence-electron chi connectivity index (χ1n) is 9.42. The normalized spacial score (nSPS) is 14.9. The maximum atomic E-state index is 13.6. The molecule has 0 bridgehead atoms. The Bertz CT molecular complexity index is 989. The lowest BCUT2D eigenvalue weighted by atomic mass is 10.2. The largest absolute Gasteiger partial charge is 0.353 e. The van der Waals surface area contributed by atoms with Crippen molar-refractivity contribution in [2.24, 2.45) is 0 Å². The number of anilines is 1. The first-order chi connectivity index (χ1) is 13.7. The number of hydrogen-bond donors (Lipinski definition) is 1. The molecule has 1 fully saturated rings. The van der Waals surface area contributed by atoms with Crippen LogP contribution in [0, 0.1) is 5.82 Å². The molecule has 0 atom stereocenters. The zero-order valence-corrected chi connectivity index (χ0v) is 15.7. The molecule has 1 N–H and O–H groups in total. The summed E-state index contributed by atoms with van der Waals surface area (Å²) >= 11 is 0. The number of nitrogens with one attached hydrogen (secondary N) is 1. The van der Waals surface area contributed by atoms with Gasteiger partial charge >= 0.3 is 6.03 Å². The summed E-state index contributed by atoms with van der Waals surface area (Å²) in [6.07, 6.45) is 0.857. The van der Waals surface area contributed by atoms with Gasteiger partial charge in [-0.05, 0) is 37.6 Å². The highest BCUT2D eigenvalue weighted by Crippen LogP contribution is 2.21. The monoisotopic (exact) mass is 383 g/mol. The van der Waals surface area contributed by atoms with E-state index in [1.807, 2.05) is 24.0 Å². The van der Waals surface area contributed by atoms with Crippen LogP contribution in [0.3, 0.4) is 0 Å². The third kappa shape index (κ3) is 3.60. The molecule has 8 nitrogen and oxygen atoms in total. The molecule has 2 amide bonds. The molecule has 1 saturated heterocycles. The Morgan fingerprint density at radius 1 is 1.14 bits per heavy atom. The van der Waals surface area contributed by atoms with Gasteiger partial charge in [0.05, 0.1) is 0 Å². The van der Waals surface area contributed by atoms with E-state index in [4.69, 9.17) is 0 Å². The smallest absolute Gasteiger partial charge is 0.317 e. The zero-order valence-electron chi connectivity index (χ0n) is 15.7. The second-order valence-corrected chi connectivity index (χ2v) is 6.66. The van der Waals surface area contributed by atoms with Crippen molar-refractivity contribution in [3.05, 3.63) is 42.2 Å². The van der Waals surface area contributed by atoms with Gasteiger partial charge in [-0.15, -0.1) is 15.3 Å². The van der Waals surface area contributed by atoms with Crippen LogP contribution in [0.2, 0.25) is 0 Å². The molecule has 146 valence electrons. The van der Waals surface area contributed by atoms with Crippen molar-refractivity contribution in [3.63, 3.8) is 0 Å². The molecule has 4 rings (SSSR count). The van der Waals surface area contributed by atoms with Gasteiger partial charge in [-0.1, -0.05) is 12.1 Å². The second-order valence-electron chi connectivity index (χ2n) is 6.66. The summed E-state index contributed by atoms with van der Waals surface area (Å²) in [5.74, 6) is 0.946. The molecular weight excluding hydrogens is 361 g/mol. The van der Waals surface area contributed by atoms with E-state index in [0.29, 0.717) is 43.2 Å². The summed E-state index contributed by atoms with van der Waals surface area (Å²) in [5, 5.41) is 15.8. The zero-order chi connectivity index (χ0) is 19.5. The summed E-state index contributed by atoms with van der Waals surface area (Å²) < 4.78 is 15.2. The molecule has 0 saturated carbocycles. The lowest BCUT2D eigenvalue weighted by Crippen LogP contribution is -2.42. The van der Waals surface area contributed by atoms with E-state index in [9.17, 15) is 9.18 Å².